The first-order chi connectivity index (χ1) is 14.6. The predicted octanol–water partition coefficient (Wildman–Crippen LogP) is 3.58. The molecule has 0 radical (unpaired) electrons. The normalized spacial score (nSPS) is 16.3. The first kappa shape index (κ1) is 20.5. The number of para-hydroxylation sites is 1. The van der Waals surface area contributed by atoms with E-state index in [1.54, 1.807) is 4.90 Å². The predicted molar refractivity (Wildman–Crippen MR) is 114 cm³/mol. The maximum Gasteiger partial charge on any atom is 0.248 e. The number of amides is 2. The average Bonchev–Trinajstić information content (AvgIpc) is 3.47. The van der Waals surface area contributed by atoms with Crippen molar-refractivity contribution in [2.75, 3.05) is 11.9 Å². The standard InChI is InChI=1S/C21H25N5O3S/c1-2-7-17-23-18(29-25-17)11-5-12-19(27)26-13-6-9-15(26)20(28)24-21-22-14-8-3-4-10-16(14)30-21/h3-4,8,10,15H,2,5-7,9,11-13H2,1H3,(H,22,24,28). The van der Waals surface area contributed by atoms with Crippen LogP contribution in [0.15, 0.2) is 28.8 Å². The molecular weight excluding hydrogens is 402 g/mol. The fourth-order valence-corrected chi connectivity index (χ4v) is 4.57. The second kappa shape index (κ2) is 9.34. The van der Waals surface area contributed by atoms with E-state index in [0.717, 1.165) is 29.5 Å². The van der Waals surface area contributed by atoms with Crippen LogP contribution in [0.1, 0.15) is 50.7 Å². The number of rotatable bonds is 8. The van der Waals surface area contributed by atoms with E-state index < -0.39 is 6.04 Å². The summed E-state index contributed by atoms with van der Waals surface area (Å²) >= 11 is 1.44. The third-order valence-corrected chi connectivity index (χ3v) is 6.12. The number of nitrogens with zero attached hydrogens (tertiary/aromatic N) is 4. The Bertz CT molecular complexity index is 998. The Balaban J connectivity index is 1.30. The molecule has 0 saturated carbocycles. The van der Waals surface area contributed by atoms with Crippen LogP contribution in [0.25, 0.3) is 10.2 Å². The van der Waals surface area contributed by atoms with E-state index in [1.807, 2.05) is 24.3 Å². The highest BCUT2D eigenvalue weighted by Crippen LogP contribution is 2.27. The smallest absolute Gasteiger partial charge is 0.248 e. The van der Waals surface area contributed by atoms with Gasteiger partial charge in [-0.15, -0.1) is 0 Å². The van der Waals surface area contributed by atoms with Gasteiger partial charge in [-0.2, -0.15) is 4.98 Å². The van der Waals surface area contributed by atoms with Gasteiger partial charge in [0.2, 0.25) is 17.7 Å². The lowest BCUT2D eigenvalue weighted by atomic mass is 10.1. The first-order valence-corrected chi connectivity index (χ1v) is 11.2. The van der Waals surface area contributed by atoms with Crippen molar-refractivity contribution in [2.45, 2.75) is 57.9 Å². The summed E-state index contributed by atoms with van der Waals surface area (Å²) in [5.41, 5.74) is 0.861. The molecule has 1 N–H and O–H groups in total. The van der Waals surface area contributed by atoms with Crippen LogP contribution >= 0.6 is 11.3 Å². The number of aryl methyl sites for hydroxylation is 2. The Kier molecular flexibility index (Phi) is 6.37. The number of carbonyl (C=O) groups is 2. The molecule has 0 spiro atoms. The minimum absolute atomic E-state index is 0.00903. The van der Waals surface area contributed by atoms with Gasteiger partial charge in [0.05, 0.1) is 10.2 Å². The third-order valence-electron chi connectivity index (χ3n) is 5.16. The highest BCUT2D eigenvalue weighted by Gasteiger charge is 2.34. The quantitative estimate of drug-likeness (QED) is 0.590. The molecule has 158 valence electrons. The average molecular weight is 428 g/mol. The van der Waals surface area contributed by atoms with Crippen LogP contribution in [-0.4, -0.2) is 44.4 Å². The number of thiazole rings is 1. The van der Waals surface area contributed by atoms with E-state index in [4.69, 9.17) is 4.52 Å². The summed E-state index contributed by atoms with van der Waals surface area (Å²) in [6.07, 6.45) is 4.80. The summed E-state index contributed by atoms with van der Waals surface area (Å²) in [7, 11) is 0. The fraction of sp³-hybridized carbons (Fsp3) is 0.476. The van der Waals surface area contributed by atoms with E-state index in [-0.39, 0.29) is 11.8 Å². The molecule has 3 aromatic rings. The Morgan fingerprint density at radius 1 is 1.27 bits per heavy atom. The maximum atomic E-state index is 12.8. The maximum absolute atomic E-state index is 12.8. The molecule has 1 unspecified atom stereocenters. The van der Waals surface area contributed by atoms with E-state index >= 15 is 0 Å². The Morgan fingerprint density at radius 2 is 2.13 bits per heavy atom. The Morgan fingerprint density at radius 3 is 2.97 bits per heavy atom. The molecule has 1 fully saturated rings. The van der Waals surface area contributed by atoms with Crippen molar-refractivity contribution >= 4 is 38.5 Å². The van der Waals surface area contributed by atoms with E-state index in [2.05, 4.69) is 27.4 Å². The van der Waals surface area contributed by atoms with Gasteiger partial charge in [-0.1, -0.05) is 35.5 Å². The number of hydrogen-bond acceptors (Lipinski definition) is 7. The van der Waals surface area contributed by atoms with Crippen LogP contribution < -0.4 is 5.32 Å². The molecule has 3 heterocycles. The minimum atomic E-state index is -0.441. The van der Waals surface area contributed by atoms with Gasteiger partial charge in [0, 0.05) is 25.8 Å². The number of fused-ring (bicyclic) bond motifs is 1. The molecule has 0 bridgehead atoms. The number of hydrogen-bond donors (Lipinski definition) is 1. The number of carbonyl (C=O) groups excluding carboxylic acids is 2. The molecule has 2 amide bonds. The lowest BCUT2D eigenvalue weighted by molar-refractivity contribution is -0.136. The number of anilines is 1. The van der Waals surface area contributed by atoms with Crippen molar-refractivity contribution in [2.24, 2.45) is 0 Å². The van der Waals surface area contributed by atoms with Gasteiger partial charge in [-0.25, -0.2) is 4.98 Å². The van der Waals surface area contributed by atoms with Crippen molar-refractivity contribution in [3.63, 3.8) is 0 Å². The van der Waals surface area contributed by atoms with Crippen LogP contribution in [-0.2, 0) is 22.4 Å². The van der Waals surface area contributed by atoms with Crippen molar-refractivity contribution in [3.8, 4) is 0 Å². The summed E-state index contributed by atoms with van der Waals surface area (Å²) in [5, 5.41) is 7.40. The lowest BCUT2D eigenvalue weighted by Crippen LogP contribution is -2.43. The van der Waals surface area contributed by atoms with Crippen LogP contribution in [0.3, 0.4) is 0 Å². The van der Waals surface area contributed by atoms with Gasteiger partial charge < -0.3 is 14.7 Å². The number of nitrogens with one attached hydrogen (secondary N) is 1. The van der Waals surface area contributed by atoms with E-state index in [9.17, 15) is 9.59 Å². The van der Waals surface area contributed by atoms with E-state index in [1.165, 1.54) is 11.3 Å². The lowest BCUT2D eigenvalue weighted by Gasteiger charge is -2.23. The largest absolute Gasteiger partial charge is 0.339 e. The van der Waals surface area contributed by atoms with E-state index in [0.29, 0.717) is 49.1 Å². The molecule has 1 aliphatic heterocycles. The van der Waals surface area contributed by atoms with Crippen molar-refractivity contribution in [1.29, 1.82) is 0 Å². The molecule has 1 aliphatic rings. The summed E-state index contributed by atoms with van der Waals surface area (Å²) in [6.45, 7) is 2.67. The zero-order valence-electron chi connectivity index (χ0n) is 17.0. The molecule has 8 nitrogen and oxygen atoms in total. The van der Waals surface area contributed by atoms with Gasteiger partial charge in [0.25, 0.3) is 0 Å². The van der Waals surface area contributed by atoms with Crippen LogP contribution in [0, 0.1) is 0 Å². The molecular formula is C21H25N5O3S. The molecule has 9 heteroatoms. The number of aromatic nitrogens is 3. The van der Waals surface area contributed by atoms with Gasteiger partial charge in [0.1, 0.15) is 6.04 Å². The molecule has 4 rings (SSSR count). The van der Waals surface area contributed by atoms with Crippen molar-refractivity contribution in [3.05, 3.63) is 36.0 Å². The van der Waals surface area contributed by atoms with Crippen LogP contribution in [0.5, 0.6) is 0 Å². The fourth-order valence-electron chi connectivity index (χ4n) is 3.70. The summed E-state index contributed by atoms with van der Waals surface area (Å²) in [5.74, 6) is 1.11. The third kappa shape index (κ3) is 4.67. The highest BCUT2D eigenvalue weighted by molar-refractivity contribution is 7.22. The van der Waals surface area contributed by atoms with Crippen molar-refractivity contribution < 1.29 is 14.1 Å². The van der Waals surface area contributed by atoms with Gasteiger partial charge in [0.15, 0.2) is 11.0 Å². The zero-order chi connectivity index (χ0) is 20.9. The molecule has 30 heavy (non-hydrogen) atoms. The molecule has 1 atom stereocenters. The van der Waals surface area contributed by atoms with Gasteiger partial charge in [-0.3, -0.25) is 9.59 Å². The monoisotopic (exact) mass is 427 g/mol. The van der Waals surface area contributed by atoms with Crippen LogP contribution in [0.2, 0.25) is 0 Å². The molecule has 1 saturated heterocycles. The topological polar surface area (TPSA) is 101 Å². The summed E-state index contributed by atoms with van der Waals surface area (Å²) in [4.78, 5) is 36.0. The Hall–Kier alpha value is -2.81. The molecule has 2 aromatic heterocycles. The van der Waals surface area contributed by atoms with Gasteiger partial charge in [-0.05, 0) is 37.8 Å². The molecule has 0 aliphatic carbocycles. The zero-order valence-corrected chi connectivity index (χ0v) is 17.8. The molecule has 1 aromatic carbocycles. The highest BCUT2D eigenvalue weighted by atomic mass is 32.1. The SMILES string of the molecule is CCCc1noc(CCCC(=O)N2CCCC2C(=O)Nc2nc3ccccc3s2)n1. The second-order valence-corrected chi connectivity index (χ2v) is 8.46. The second-order valence-electron chi connectivity index (χ2n) is 7.43. The summed E-state index contributed by atoms with van der Waals surface area (Å²) in [6, 6.07) is 7.32. The Labute approximate surface area is 178 Å². The summed E-state index contributed by atoms with van der Waals surface area (Å²) < 4.78 is 6.24. The van der Waals surface area contributed by atoms with Crippen molar-refractivity contribution in [1.82, 2.24) is 20.0 Å². The first-order valence-electron chi connectivity index (χ1n) is 10.4. The number of benzene rings is 1. The minimum Gasteiger partial charge on any atom is -0.339 e. The number of likely N-dealkylation sites (tertiary alicyclic amines) is 1. The van der Waals surface area contributed by atoms with Gasteiger partial charge >= 0.3 is 0 Å². The van der Waals surface area contributed by atoms with Crippen LogP contribution in [0.4, 0.5) is 5.13 Å².